The van der Waals surface area contributed by atoms with Crippen LogP contribution < -0.4 is 19.5 Å². The Morgan fingerprint density at radius 1 is 0.879 bits per heavy atom. The monoisotopic (exact) mass is 445 g/mol. The lowest BCUT2D eigenvalue weighted by Crippen LogP contribution is -2.26. The number of rotatable bonds is 9. The summed E-state index contributed by atoms with van der Waals surface area (Å²) in [5.41, 5.74) is 3.55. The Labute approximate surface area is 192 Å². The number of fused-ring (bicyclic) bond motifs is 1. The predicted molar refractivity (Wildman–Crippen MR) is 127 cm³/mol. The fourth-order valence-electron chi connectivity index (χ4n) is 3.86. The molecule has 7 heteroatoms. The molecule has 0 aliphatic rings. The molecule has 170 valence electrons. The van der Waals surface area contributed by atoms with E-state index in [0.717, 1.165) is 28.2 Å². The van der Waals surface area contributed by atoms with E-state index >= 15 is 0 Å². The molecule has 0 saturated heterocycles. The van der Waals surface area contributed by atoms with E-state index in [1.165, 1.54) is 0 Å². The topological polar surface area (TPSA) is 74.6 Å². The van der Waals surface area contributed by atoms with Crippen molar-refractivity contribution in [1.29, 1.82) is 0 Å². The number of aromatic nitrogens is 2. The van der Waals surface area contributed by atoms with Crippen molar-refractivity contribution >= 4 is 16.9 Å². The van der Waals surface area contributed by atoms with Crippen LogP contribution in [0.15, 0.2) is 66.7 Å². The molecule has 0 fully saturated rings. The molecule has 0 unspecified atom stereocenters. The highest BCUT2D eigenvalue weighted by Gasteiger charge is 2.14. The number of hydrogen-bond donors (Lipinski definition) is 1. The van der Waals surface area contributed by atoms with Crippen LogP contribution in [0.1, 0.15) is 21.7 Å². The molecule has 0 atom stereocenters. The van der Waals surface area contributed by atoms with E-state index < -0.39 is 0 Å². The summed E-state index contributed by atoms with van der Waals surface area (Å²) >= 11 is 0. The third-order valence-corrected chi connectivity index (χ3v) is 5.53. The molecule has 0 spiro atoms. The summed E-state index contributed by atoms with van der Waals surface area (Å²) in [6, 6.07) is 21.1. The number of carbonyl (C=O) groups excluding carboxylic acids is 1. The van der Waals surface area contributed by atoms with E-state index in [-0.39, 0.29) is 5.91 Å². The van der Waals surface area contributed by atoms with Gasteiger partial charge in [-0.25, -0.2) is 4.98 Å². The maximum atomic E-state index is 12.7. The van der Waals surface area contributed by atoms with Crippen molar-refractivity contribution in [3.63, 3.8) is 0 Å². The highest BCUT2D eigenvalue weighted by molar-refractivity contribution is 5.94. The van der Waals surface area contributed by atoms with E-state index in [0.29, 0.717) is 36.6 Å². The molecule has 4 rings (SSSR count). The van der Waals surface area contributed by atoms with Crippen LogP contribution in [-0.4, -0.2) is 43.3 Å². The van der Waals surface area contributed by atoms with Crippen LogP contribution in [0, 0.1) is 0 Å². The number of para-hydroxylation sites is 3. The van der Waals surface area contributed by atoms with Gasteiger partial charge in [0.25, 0.3) is 5.91 Å². The van der Waals surface area contributed by atoms with Gasteiger partial charge in [0.1, 0.15) is 11.6 Å². The number of nitrogens with zero attached hydrogens (tertiary/aromatic N) is 2. The number of methoxy groups -OCH3 is 3. The van der Waals surface area contributed by atoms with Gasteiger partial charge in [-0.3, -0.25) is 4.79 Å². The van der Waals surface area contributed by atoms with Gasteiger partial charge in [-0.05, 0) is 36.4 Å². The van der Waals surface area contributed by atoms with Gasteiger partial charge in [-0.1, -0.05) is 30.3 Å². The molecule has 1 aromatic heterocycles. The largest absolute Gasteiger partial charge is 0.496 e. The highest BCUT2D eigenvalue weighted by atomic mass is 16.5. The van der Waals surface area contributed by atoms with Crippen molar-refractivity contribution in [2.45, 2.75) is 13.0 Å². The molecule has 33 heavy (non-hydrogen) atoms. The normalized spacial score (nSPS) is 10.8. The molecule has 1 heterocycles. The van der Waals surface area contributed by atoms with Gasteiger partial charge >= 0.3 is 0 Å². The number of hydrogen-bond acceptors (Lipinski definition) is 5. The second-order valence-electron chi connectivity index (χ2n) is 7.49. The second kappa shape index (κ2) is 10.1. The predicted octanol–water partition coefficient (Wildman–Crippen LogP) is 4.08. The summed E-state index contributed by atoms with van der Waals surface area (Å²) in [4.78, 5) is 17.5. The third-order valence-electron chi connectivity index (χ3n) is 5.53. The van der Waals surface area contributed by atoms with Gasteiger partial charge in [-0.15, -0.1) is 0 Å². The Morgan fingerprint density at radius 2 is 1.61 bits per heavy atom. The maximum Gasteiger partial charge on any atom is 0.251 e. The number of imidazole rings is 1. The van der Waals surface area contributed by atoms with Gasteiger partial charge in [0.2, 0.25) is 0 Å². The molecule has 0 aliphatic carbocycles. The Kier molecular flexibility index (Phi) is 6.78. The second-order valence-corrected chi connectivity index (χ2v) is 7.49. The number of carbonyl (C=O) groups is 1. The van der Waals surface area contributed by atoms with Crippen LogP contribution in [0.25, 0.3) is 11.0 Å². The zero-order valence-electron chi connectivity index (χ0n) is 19.0. The first-order chi connectivity index (χ1) is 16.1. The number of benzene rings is 3. The van der Waals surface area contributed by atoms with Crippen LogP contribution in [0.3, 0.4) is 0 Å². The number of amides is 1. The molecule has 7 nitrogen and oxygen atoms in total. The Morgan fingerprint density at radius 3 is 2.39 bits per heavy atom. The minimum absolute atomic E-state index is 0.177. The van der Waals surface area contributed by atoms with Crippen molar-refractivity contribution < 1.29 is 19.0 Å². The SMILES string of the molecule is COc1ccccc1Cn1c(CCNC(=O)c2ccc(OC)c(OC)c2)nc2ccccc21. The van der Waals surface area contributed by atoms with E-state index in [9.17, 15) is 4.79 Å². The van der Waals surface area contributed by atoms with E-state index in [1.54, 1.807) is 39.5 Å². The quantitative estimate of drug-likeness (QED) is 0.420. The van der Waals surface area contributed by atoms with Crippen molar-refractivity contribution in [1.82, 2.24) is 14.9 Å². The van der Waals surface area contributed by atoms with Crippen molar-refractivity contribution in [2.24, 2.45) is 0 Å². The lowest BCUT2D eigenvalue weighted by molar-refractivity contribution is 0.0953. The molecular formula is C26H27N3O4. The van der Waals surface area contributed by atoms with Crippen LogP contribution in [0.2, 0.25) is 0 Å². The van der Waals surface area contributed by atoms with Gasteiger partial charge in [0, 0.05) is 24.1 Å². The third kappa shape index (κ3) is 4.77. The molecule has 0 aliphatic heterocycles. The highest BCUT2D eigenvalue weighted by Crippen LogP contribution is 2.27. The lowest BCUT2D eigenvalue weighted by Gasteiger charge is -2.13. The lowest BCUT2D eigenvalue weighted by atomic mass is 10.2. The maximum absolute atomic E-state index is 12.7. The molecule has 0 saturated carbocycles. The van der Waals surface area contributed by atoms with Crippen molar-refractivity contribution in [3.05, 3.63) is 83.7 Å². The van der Waals surface area contributed by atoms with E-state index in [2.05, 4.69) is 22.0 Å². The summed E-state index contributed by atoms with van der Waals surface area (Å²) < 4.78 is 18.2. The summed E-state index contributed by atoms with van der Waals surface area (Å²) in [5.74, 6) is 2.66. The number of ether oxygens (including phenoxy) is 3. The summed E-state index contributed by atoms with van der Waals surface area (Å²) in [6.07, 6.45) is 0.586. The average molecular weight is 446 g/mol. The fraction of sp³-hybridized carbons (Fsp3) is 0.231. The first-order valence-electron chi connectivity index (χ1n) is 10.7. The Balaban J connectivity index is 1.52. The van der Waals surface area contributed by atoms with Crippen LogP contribution in [-0.2, 0) is 13.0 Å². The summed E-state index contributed by atoms with van der Waals surface area (Å²) in [5, 5.41) is 2.98. The van der Waals surface area contributed by atoms with Crippen molar-refractivity contribution in [3.8, 4) is 17.2 Å². The summed E-state index contributed by atoms with van der Waals surface area (Å²) in [7, 11) is 4.79. The smallest absolute Gasteiger partial charge is 0.251 e. The molecule has 3 aromatic carbocycles. The minimum Gasteiger partial charge on any atom is -0.496 e. The zero-order chi connectivity index (χ0) is 23.2. The molecule has 0 bridgehead atoms. The van der Waals surface area contributed by atoms with Crippen LogP contribution in [0.5, 0.6) is 17.2 Å². The Hall–Kier alpha value is -4.00. The van der Waals surface area contributed by atoms with Crippen molar-refractivity contribution in [2.75, 3.05) is 27.9 Å². The van der Waals surface area contributed by atoms with Gasteiger partial charge < -0.3 is 24.1 Å². The molecule has 1 N–H and O–H groups in total. The number of nitrogens with one attached hydrogen (secondary N) is 1. The Bertz CT molecular complexity index is 1270. The molecule has 4 aromatic rings. The standard InChI is InChI=1S/C26H27N3O4/c1-31-22-11-7-4-8-19(22)17-29-21-10-6-5-9-20(21)28-25(29)14-15-27-26(30)18-12-13-23(32-2)24(16-18)33-3/h4-13,16H,14-15,17H2,1-3H3,(H,27,30). The van der Waals surface area contributed by atoms with Crippen LogP contribution >= 0.6 is 0 Å². The van der Waals surface area contributed by atoms with E-state index in [4.69, 9.17) is 19.2 Å². The summed E-state index contributed by atoms with van der Waals surface area (Å²) in [6.45, 7) is 1.08. The van der Waals surface area contributed by atoms with Gasteiger partial charge in [0.15, 0.2) is 11.5 Å². The first-order valence-corrected chi connectivity index (χ1v) is 10.7. The van der Waals surface area contributed by atoms with E-state index in [1.807, 2.05) is 36.4 Å². The van der Waals surface area contributed by atoms with Crippen LogP contribution in [0.4, 0.5) is 0 Å². The molecule has 0 radical (unpaired) electrons. The first kappa shape index (κ1) is 22.2. The molecular weight excluding hydrogens is 418 g/mol. The average Bonchev–Trinajstić information content (AvgIpc) is 3.20. The zero-order valence-corrected chi connectivity index (χ0v) is 19.0. The fourth-order valence-corrected chi connectivity index (χ4v) is 3.86. The van der Waals surface area contributed by atoms with Gasteiger partial charge in [-0.2, -0.15) is 0 Å². The minimum atomic E-state index is -0.177. The van der Waals surface area contributed by atoms with Gasteiger partial charge in [0.05, 0.1) is 38.9 Å². The molecule has 1 amide bonds.